The minimum absolute atomic E-state index is 0.111. The molecule has 2 heterocycles. The van der Waals surface area contributed by atoms with Crippen LogP contribution in [0.3, 0.4) is 0 Å². The van der Waals surface area contributed by atoms with Crippen LogP contribution in [0.5, 0.6) is 0 Å². The smallest absolute Gasteiger partial charge is 0.320 e. The lowest BCUT2D eigenvalue weighted by Gasteiger charge is -2.51. The highest BCUT2D eigenvalue weighted by molar-refractivity contribution is 7.89. The van der Waals surface area contributed by atoms with Crippen LogP contribution in [0.25, 0.3) is 0 Å². The molecule has 0 N–H and O–H groups in total. The molecule has 0 saturated carbocycles. The van der Waals surface area contributed by atoms with Crippen LogP contribution in [0.15, 0.2) is 29.2 Å². The van der Waals surface area contributed by atoms with E-state index in [-0.39, 0.29) is 53.9 Å². The number of aryl methyl sites for hydroxylation is 1. The number of nitrogens with zero attached hydrogens (tertiary/aromatic N) is 2. The van der Waals surface area contributed by atoms with Gasteiger partial charge < -0.3 is 9.47 Å². The van der Waals surface area contributed by atoms with E-state index in [1.807, 2.05) is 6.92 Å². The van der Waals surface area contributed by atoms with Crippen LogP contribution in [0, 0.1) is 24.7 Å². The predicted molar refractivity (Wildman–Crippen MR) is 139 cm³/mol. The molecule has 1 aromatic carbocycles. The van der Waals surface area contributed by atoms with Gasteiger partial charge in [0.05, 0.1) is 25.7 Å². The number of rotatable bonds is 9. The van der Waals surface area contributed by atoms with Gasteiger partial charge in [-0.3, -0.25) is 14.4 Å². The van der Waals surface area contributed by atoms with Crippen molar-refractivity contribution in [2.24, 2.45) is 17.8 Å². The first kappa shape index (κ1) is 29.5. The lowest BCUT2D eigenvalue weighted by molar-refractivity contribution is -0.286. The van der Waals surface area contributed by atoms with Gasteiger partial charge in [-0.15, -0.1) is 0 Å². The van der Waals surface area contributed by atoms with Crippen molar-refractivity contribution in [1.82, 2.24) is 9.37 Å². The Kier molecular flexibility index (Phi) is 9.09. The second-order valence-electron chi connectivity index (χ2n) is 11.6. The van der Waals surface area contributed by atoms with Gasteiger partial charge in [-0.1, -0.05) is 17.7 Å². The number of hydrogen-bond donors (Lipinski definition) is 0. The number of methoxy groups -OCH3 is 2. The summed E-state index contributed by atoms with van der Waals surface area (Å²) in [6.45, 7) is 11.2. The SMILES string of the molecule is COC(=O)C(C[C@@H]1CN(S(=O)(=O)c2ccc(C)cc2)C[C@@H]1CON1C(C)(C)CCCC1(C)C)C(=O)OC. The molecule has 2 saturated heterocycles. The van der Waals surface area contributed by atoms with Crippen molar-refractivity contribution in [3.05, 3.63) is 29.8 Å². The maximum Gasteiger partial charge on any atom is 0.320 e. The summed E-state index contributed by atoms with van der Waals surface area (Å²) in [6.07, 6.45) is 3.20. The third-order valence-electron chi connectivity index (χ3n) is 7.81. The molecule has 2 fully saturated rings. The molecule has 0 bridgehead atoms. The summed E-state index contributed by atoms with van der Waals surface area (Å²) in [4.78, 5) is 31.5. The van der Waals surface area contributed by atoms with E-state index in [4.69, 9.17) is 14.3 Å². The zero-order valence-electron chi connectivity index (χ0n) is 23.2. The number of esters is 2. The van der Waals surface area contributed by atoms with E-state index >= 15 is 0 Å². The summed E-state index contributed by atoms with van der Waals surface area (Å²) < 4.78 is 38.2. The van der Waals surface area contributed by atoms with Crippen LogP contribution in [0.1, 0.15) is 58.9 Å². The van der Waals surface area contributed by atoms with Crippen LogP contribution in [-0.2, 0) is 33.9 Å². The molecule has 3 rings (SSSR count). The minimum Gasteiger partial charge on any atom is -0.468 e. The van der Waals surface area contributed by atoms with E-state index in [2.05, 4.69) is 32.8 Å². The largest absolute Gasteiger partial charge is 0.468 e. The Labute approximate surface area is 221 Å². The number of sulfonamides is 1. The van der Waals surface area contributed by atoms with Gasteiger partial charge in [-0.05, 0) is 78.4 Å². The van der Waals surface area contributed by atoms with Crippen LogP contribution in [0.4, 0.5) is 0 Å². The molecule has 1 aromatic rings. The fourth-order valence-electron chi connectivity index (χ4n) is 5.78. The van der Waals surface area contributed by atoms with E-state index < -0.39 is 27.9 Å². The van der Waals surface area contributed by atoms with E-state index in [1.165, 1.54) is 18.5 Å². The Morgan fingerprint density at radius 1 is 0.946 bits per heavy atom. The third kappa shape index (κ3) is 6.53. The number of hydrogen-bond acceptors (Lipinski definition) is 8. The van der Waals surface area contributed by atoms with E-state index in [9.17, 15) is 18.0 Å². The molecule has 0 unspecified atom stereocenters. The molecule has 9 nitrogen and oxygen atoms in total. The summed E-state index contributed by atoms with van der Waals surface area (Å²) in [5.41, 5.74) is 0.615. The van der Waals surface area contributed by atoms with Crippen LogP contribution >= 0.6 is 0 Å². The summed E-state index contributed by atoms with van der Waals surface area (Å²) in [7, 11) is -1.32. The maximum atomic E-state index is 13.5. The normalized spacial score (nSPS) is 24.2. The molecule has 0 spiro atoms. The zero-order valence-corrected chi connectivity index (χ0v) is 24.0. The van der Waals surface area contributed by atoms with Crippen molar-refractivity contribution in [2.45, 2.75) is 76.3 Å². The summed E-state index contributed by atoms with van der Waals surface area (Å²) in [5, 5.41) is 2.05. The summed E-state index contributed by atoms with van der Waals surface area (Å²) in [5.74, 6) is -3.05. The van der Waals surface area contributed by atoms with E-state index in [1.54, 1.807) is 24.3 Å². The van der Waals surface area contributed by atoms with Crippen molar-refractivity contribution in [3.63, 3.8) is 0 Å². The third-order valence-corrected chi connectivity index (χ3v) is 9.65. The van der Waals surface area contributed by atoms with Crippen LogP contribution < -0.4 is 0 Å². The second kappa shape index (κ2) is 11.4. The van der Waals surface area contributed by atoms with E-state index in [0.717, 1.165) is 24.8 Å². The van der Waals surface area contributed by atoms with Gasteiger partial charge in [-0.25, -0.2) is 8.42 Å². The van der Waals surface area contributed by atoms with Gasteiger partial charge >= 0.3 is 11.9 Å². The van der Waals surface area contributed by atoms with Crippen molar-refractivity contribution < 1.29 is 32.3 Å². The monoisotopic (exact) mass is 538 g/mol. The molecule has 2 aliphatic rings. The number of carbonyl (C=O) groups is 2. The Hall–Kier alpha value is -2.01. The molecular formula is C27H42N2O7S. The highest BCUT2D eigenvalue weighted by atomic mass is 32.2. The van der Waals surface area contributed by atoms with E-state index in [0.29, 0.717) is 0 Å². The zero-order chi connectivity index (χ0) is 27.6. The first-order valence-corrected chi connectivity index (χ1v) is 14.3. The molecule has 0 aliphatic carbocycles. The molecule has 0 amide bonds. The van der Waals surface area contributed by atoms with Gasteiger partial charge in [0.25, 0.3) is 0 Å². The first-order valence-electron chi connectivity index (χ1n) is 12.9. The van der Waals surface area contributed by atoms with Gasteiger partial charge in [0.15, 0.2) is 5.92 Å². The summed E-state index contributed by atoms with van der Waals surface area (Å²) >= 11 is 0. The number of carbonyl (C=O) groups excluding carboxylic acids is 2. The molecule has 0 aromatic heterocycles. The average molecular weight is 539 g/mol. The van der Waals surface area contributed by atoms with Gasteiger partial charge in [-0.2, -0.15) is 9.37 Å². The number of ether oxygens (including phenoxy) is 2. The van der Waals surface area contributed by atoms with Gasteiger partial charge in [0, 0.05) is 30.1 Å². The second-order valence-corrected chi connectivity index (χ2v) is 13.5. The average Bonchev–Trinajstić information content (AvgIpc) is 3.24. The van der Waals surface area contributed by atoms with Crippen molar-refractivity contribution >= 4 is 22.0 Å². The van der Waals surface area contributed by atoms with Crippen LogP contribution in [-0.4, -0.2) is 74.7 Å². The van der Waals surface area contributed by atoms with Gasteiger partial charge in [0.2, 0.25) is 10.0 Å². The lowest BCUT2D eigenvalue weighted by atomic mass is 9.82. The molecule has 2 aliphatic heterocycles. The fourth-order valence-corrected chi connectivity index (χ4v) is 7.33. The highest BCUT2D eigenvalue weighted by Gasteiger charge is 2.46. The molecule has 10 heteroatoms. The number of piperidine rings is 1. The highest BCUT2D eigenvalue weighted by Crippen LogP contribution is 2.40. The Morgan fingerprint density at radius 2 is 1.46 bits per heavy atom. The fraction of sp³-hybridized carbons (Fsp3) is 0.704. The topological polar surface area (TPSA) is 102 Å². The lowest BCUT2D eigenvalue weighted by Crippen LogP contribution is -2.58. The van der Waals surface area contributed by atoms with Crippen LogP contribution in [0.2, 0.25) is 0 Å². The predicted octanol–water partition coefficient (Wildman–Crippen LogP) is 3.56. The quantitative estimate of drug-likeness (QED) is 0.347. The number of hydroxylamine groups is 2. The Morgan fingerprint density at radius 3 is 1.97 bits per heavy atom. The minimum atomic E-state index is -3.77. The molecule has 2 atom stereocenters. The van der Waals surface area contributed by atoms with Crippen molar-refractivity contribution in [2.75, 3.05) is 33.9 Å². The standard InChI is InChI=1S/C27H42N2O7S/c1-19-9-11-22(12-10-19)37(32,33)28-16-20(15-23(24(30)34-6)25(31)35-7)21(17-28)18-36-29-26(2,3)13-8-14-27(29,4)5/h9-12,20-21,23H,8,13-18H2,1-7H3/t20-,21-/m1/s1. The maximum absolute atomic E-state index is 13.5. The summed E-state index contributed by atoms with van der Waals surface area (Å²) in [6, 6.07) is 6.75. The van der Waals surface area contributed by atoms with Gasteiger partial charge in [0.1, 0.15) is 0 Å². The Balaban J connectivity index is 1.87. The first-order chi connectivity index (χ1) is 17.2. The molecule has 37 heavy (non-hydrogen) atoms. The molecule has 208 valence electrons. The van der Waals surface area contributed by atoms with Crippen molar-refractivity contribution in [3.8, 4) is 0 Å². The Bertz CT molecular complexity index is 1040. The molecular weight excluding hydrogens is 496 g/mol. The van der Waals surface area contributed by atoms with Crippen molar-refractivity contribution in [1.29, 1.82) is 0 Å². The molecule has 0 radical (unpaired) electrons. The number of benzene rings is 1.